The summed E-state index contributed by atoms with van der Waals surface area (Å²) in [5.74, 6) is -0.917. The van der Waals surface area contributed by atoms with Gasteiger partial charge < -0.3 is 10.1 Å². The molecule has 1 saturated carbocycles. The van der Waals surface area contributed by atoms with Gasteiger partial charge in [0, 0.05) is 36.1 Å². The van der Waals surface area contributed by atoms with Crippen molar-refractivity contribution in [3.8, 4) is 5.75 Å². The predicted molar refractivity (Wildman–Crippen MR) is 71.3 cm³/mol. The highest BCUT2D eigenvalue weighted by Gasteiger charge is 2.53. The second kappa shape index (κ2) is 5.45. The van der Waals surface area contributed by atoms with Crippen molar-refractivity contribution in [2.45, 2.75) is 45.3 Å². The molecular weight excluding hydrogens is 248 g/mol. The number of rotatable bonds is 5. The Morgan fingerprint density at radius 2 is 1.79 bits per heavy atom. The van der Waals surface area contributed by atoms with Crippen LogP contribution in [0.15, 0.2) is 18.2 Å². The molecule has 0 aromatic heterocycles. The fraction of sp³-hybridized carbons (Fsp3) is 0.600. The van der Waals surface area contributed by atoms with E-state index >= 15 is 0 Å². The van der Waals surface area contributed by atoms with Gasteiger partial charge in [0.1, 0.15) is 23.5 Å². The Bertz CT molecular complexity index is 426. The zero-order valence-electron chi connectivity index (χ0n) is 11.7. The fourth-order valence-electron chi connectivity index (χ4n) is 3.28. The minimum Gasteiger partial charge on any atom is -0.490 e. The topological polar surface area (TPSA) is 21.3 Å². The number of hydrogen-bond acceptors (Lipinski definition) is 2. The van der Waals surface area contributed by atoms with Crippen molar-refractivity contribution in [2.24, 2.45) is 5.41 Å². The van der Waals surface area contributed by atoms with Gasteiger partial charge in [0.2, 0.25) is 0 Å². The van der Waals surface area contributed by atoms with Gasteiger partial charge in [0.05, 0.1) is 0 Å². The van der Waals surface area contributed by atoms with Crippen molar-refractivity contribution in [1.82, 2.24) is 5.32 Å². The standard InChI is InChI=1S/C15H21F2NO/c1-4-15(5-2)13(18-3)9-14(15)19-12-7-10(16)6-11(17)8-12/h6-8,13-14,18H,4-5,9H2,1-3H3. The Morgan fingerprint density at radius 3 is 2.26 bits per heavy atom. The Labute approximate surface area is 113 Å². The summed E-state index contributed by atoms with van der Waals surface area (Å²) >= 11 is 0. The Hall–Kier alpha value is -1.16. The third kappa shape index (κ3) is 2.46. The van der Waals surface area contributed by atoms with Gasteiger partial charge in [-0.15, -0.1) is 0 Å². The van der Waals surface area contributed by atoms with Crippen LogP contribution in [-0.2, 0) is 0 Å². The van der Waals surface area contributed by atoms with Crippen molar-refractivity contribution in [3.63, 3.8) is 0 Å². The van der Waals surface area contributed by atoms with Gasteiger partial charge in [0.25, 0.3) is 0 Å². The molecule has 0 aliphatic heterocycles. The molecule has 2 atom stereocenters. The van der Waals surface area contributed by atoms with E-state index in [2.05, 4.69) is 19.2 Å². The minimum atomic E-state index is -0.599. The van der Waals surface area contributed by atoms with Crippen molar-refractivity contribution >= 4 is 0 Å². The summed E-state index contributed by atoms with van der Waals surface area (Å²) in [5, 5.41) is 3.30. The highest BCUT2D eigenvalue weighted by molar-refractivity contribution is 5.25. The van der Waals surface area contributed by atoms with Gasteiger partial charge in [-0.1, -0.05) is 13.8 Å². The normalized spacial score (nSPS) is 24.9. The predicted octanol–water partition coefficient (Wildman–Crippen LogP) is 3.51. The van der Waals surface area contributed by atoms with Crippen molar-refractivity contribution in [1.29, 1.82) is 0 Å². The van der Waals surface area contributed by atoms with Crippen LogP contribution in [0.5, 0.6) is 5.75 Å². The zero-order valence-corrected chi connectivity index (χ0v) is 11.7. The van der Waals surface area contributed by atoms with Gasteiger partial charge in [-0.25, -0.2) is 8.78 Å². The van der Waals surface area contributed by atoms with E-state index < -0.39 is 11.6 Å². The van der Waals surface area contributed by atoms with E-state index in [0.717, 1.165) is 25.3 Å². The summed E-state index contributed by atoms with van der Waals surface area (Å²) in [6, 6.07) is 3.75. The molecule has 0 radical (unpaired) electrons. The molecule has 1 aliphatic carbocycles. The second-order valence-corrected chi connectivity index (χ2v) is 5.23. The molecule has 19 heavy (non-hydrogen) atoms. The highest BCUT2D eigenvalue weighted by Crippen LogP contribution is 2.48. The van der Waals surface area contributed by atoms with E-state index in [-0.39, 0.29) is 17.3 Å². The van der Waals surface area contributed by atoms with Crippen LogP contribution < -0.4 is 10.1 Å². The van der Waals surface area contributed by atoms with Crippen LogP contribution in [0.4, 0.5) is 8.78 Å². The fourth-order valence-corrected chi connectivity index (χ4v) is 3.28. The van der Waals surface area contributed by atoms with Crippen LogP contribution in [0.1, 0.15) is 33.1 Å². The van der Waals surface area contributed by atoms with Gasteiger partial charge in [-0.05, 0) is 19.9 Å². The van der Waals surface area contributed by atoms with E-state index in [1.807, 2.05) is 7.05 Å². The van der Waals surface area contributed by atoms with E-state index in [9.17, 15) is 8.78 Å². The zero-order chi connectivity index (χ0) is 14.0. The molecule has 1 aromatic carbocycles. The maximum absolute atomic E-state index is 13.2. The number of benzene rings is 1. The molecule has 2 nitrogen and oxygen atoms in total. The lowest BCUT2D eigenvalue weighted by Gasteiger charge is -2.55. The van der Waals surface area contributed by atoms with Crippen LogP contribution in [0.2, 0.25) is 0 Å². The lowest BCUT2D eigenvalue weighted by atomic mass is 9.58. The minimum absolute atomic E-state index is 0.0150. The molecule has 0 spiro atoms. The summed E-state index contributed by atoms with van der Waals surface area (Å²) < 4.78 is 32.2. The molecule has 1 fully saturated rings. The molecule has 1 aliphatic rings. The Balaban J connectivity index is 2.15. The van der Waals surface area contributed by atoms with Crippen LogP contribution in [0.25, 0.3) is 0 Å². The molecule has 0 heterocycles. The first-order valence-electron chi connectivity index (χ1n) is 6.85. The molecule has 2 unspecified atom stereocenters. The average Bonchev–Trinajstić information content (AvgIpc) is 2.34. The molecule has 2 rings (SSSR count). The molecule has 0 bridgehead atoms. The lowest BCUT2D eigenvalue weighted by Crippen LogP contribution is -2.63. The maximum Gasteiger partial charge on any atom is 0.129 e. The average molecular weight is 269 g/mol. The maximum atomic E-state index is 13.2. The number of hydrogen-bond donors (Lipinski definition) is 1. The van der Waals surface area contributed by atoms with Crippen molar-refractivity contribution in [3.05, 3.63) is 29.8 Å². The monoisotopic (exact) mass is 269 g/mol. The van der Waals surface area contributed by atoms with E-state index in [0.29, 0.717) is 6.04 Å². The van der Waals surface area contributed by atoms with Crippen LogP contribution >= 0.6 is 0 Å². The van der Waals surface area contributed by atoms with Crippen LogP contribution in [0, 0.1) is 17.0 Å². The number of halogens is 2. The summed E-state index contributed by atoms with van der Waals surface area (Å²) in [7, 11) is 1.95. The Morgan fingerprint density at radius 1 is 1.21 bits per heavy atom. The Kier molecular flexibility index (Phi) is 4.09. The van der Waals surface area contributed by atoms with E-state index in [1.165, 1.54) is 12.1 Å². The molecule has 0 saturated heterocycles. The van der Waals surface area contributed by atoms with Crippen molar-refractivity contribution in [2.75, 3.05) is 7.05 Å². The van der Waals surface area contributed by atoms with E-state index in [4.69, 9.17) is 4.74 Å². The first-order valence-corrected chi connectivity index (χ1v) is 6.85. The lowest BCUT2D eigenvalue weighted by molar-refractivity contribution is -0.0837. The quantitative estimate of drug-likeness (QED) is 0.883. The first kappa shape index (κ1) is 14.3. The summed E-state index contributed by atoms with van der Waals surface area (Å²) in [5.41, 5.74) is 0.0531. The van der Waals surface area contributed by atoms with Gasteiger partial charge >= 0.3 is 0 Å². The smallest absolute Gasteiger partial charge is 0.129 e. The molecular formula is C15H21F2NO. The molecule has 1 aromatic rings. The first-order chi connectivity index (χ1) is 9.05. The molecule has 0 amide bonds. The summed E-state index contributed by atoms with van der Waals surface area (Å²) in [6.45, 7) is 4.27. The number of ether oxygens (including phenoxy) is 1. The molecule has 1 N–H and O–H groups in total. The number of nitrogens with one attached hydrogen (secondary N) is 1. The highest BCUT2D eigenvalue weighted by atomic mass is 19.1. The third-order valence-electron chi connectivity index (χ3n) is 4.56. The third-order valence-corrected chi connectivity index (χ3v) is 4.56. The van der Waals surface area contributed by atoms with Crippen LogP contribution in [0.3, 0.4) is 0 Å². The van der Waals surface area contributed by atoms with Gasteiger partial charge in [-0.2, -0.15) is 0 Å². The van der Waals surface area contributed by atoms with E-state index in [1.54, 1.807) is 0 Å². The van der Waals surface area contributed by atoms with Crippen LogP contribution in [-0.4, -0.2) is 19.2 Å². The summed E-state index contributed by atoms with van der Waals surface area (Å²) in [6.07, 6.45) is 2.85. The van der Waals surface area contributed by atoms with Gasteiger partial charge in [0.15, 0.2) is 0 Å². The summed E-state index contributed by atoms with van der Waals surface area (Å²) in [4.78, 5) is 0. The molecule has 106 valence electrons. The van der Waals surface area contributed by atoms with Gasteiger partial charge in [-0.3, -0.25) is 0 Å². The largest absolute Gasteiger partial charge is 0.490 e. The molecule has 4 heteroatoms. The second-order valence-electron chi connectivity index (χ2n) is 5.23. The van der Waals surface area contributed by atoms with Crippen molar-refractivity contribution < 1.29 is 13.5 Å². The SMILES string of the molecule is CCC1(CC)C(NC)CC1Oc1cc(F)cc(F)c1.